The second-order valence-electron chi connectivity index (χ2n) is 4.27. The van der Waals surface area contributed by atoms with Gasteiger partial charge in [-0.05, 0) is 18.1 Å². The van der Waals surface area contributed by atoms with Crippen molar-refractivity contribution < 1.29 is 4.74 Å². The predicted molar refractivity (Wildman–Crippen MR) is 62.1 cm³/mol. The maximum Gasteiger partial charge on any atom is 0.123 e. The smallest absolute Gasteiger partial charge is 0.123 e. The Labute approximate surface area is 91.4 Å². The minimum absolute atomic E-state index is 0.178. The van der Waals surface area contributed by atoms with Crippen LogP contribution in [0.15, 0.2) is 24.3 Å². The van der Waals surface area contributed by atoms with E-state index in [1.807, 2.05) is 12.1 Å². The van der Waals surface area contributed by atoms with Gasteiger partial charge in [0.25, 0.3) is 0 Å². The lowest BCUT2D eigenvalue weighted by Crippen LogP contribution is -2.37. The Morgan fingerprint density at radius 1 is 1.47 bits per heavy atom. The molecule has 2 atom stereocenters. The van der Waals surface area contributed by atoms with Gasteiger partial charge in [0.1, 0.15) is 11.9 Å². The van der Waals surface area contributed by atoms with Gasteiger partial charge in [0.2, 0.25) is 0 Å². The quantitative estimate of drug-likeness (QED) is 0.819. The van der Waals surface area contributed by atoms with Crippen molar-refractivity contribution in [3.63, 3.8) is 0 Å². The molecule has 1 aliphatic heterocycles. The molecule has 0 aromatic heterocycles. The van der Waals surface area contributed by atoms with Crippen LogP contribution in [-0.2, 0) is 6.42 Å². The van der Waals surface area contributed by atoms with Crippen LogP contribution < -0.4 is 10.5 Å². The highest BCUT2D eigenvalue weighted by Crippen LogP contribution is 2.29. The van der Waals surface area contributed by atoms with Crippen molar-refractivity contribution in [2.45, 2.75) is 44.8 Å². The molecule has 0 spiro atoms. The molecule has 0 saturated carbocycles. The fourth-order valence-corrected chi connectivity index (χ4v) is 2.07. The van der Waals surface area contributed by atoms with E-state index in [2.05, 4.69) is 19.1 Å². The maximum atomic E-state index is 6.12. The molecule has 82 valence electrons. The Morgan fingerprint density at radius 3 is 3.00 bits per heavy atom. The molecule has 0 aliphatic carbocycles. The molecule has 1 aliphatic rings. The number of ether oxygens (including phenoxy) is 1. The number of rotatable bonds is 4. The summed E-state index contributed by atoms with van der Waals surface area (Å²) in [5.41, 5.74) is 7.42. The van der Waals surface area contributed by atoms with Crippen LogP contribution in [0.1, 0.15) is 31.7 Å². The van der Waals surface area contributed by atoms with Crippen LogP contribution in [0.5, 0.6) is 5.75 Å². The minimum Gasteiger partial charge on any atom is -0.488 e. The van der Waals surface area contributed by atoms with Gasteiger partial charge >= 0.3 is 0 Å². The van der Waals surface area contributed by atoms with Gasteiger partial charge in [-0.15, -0.1) is 0 Å². The zero-order valence-corrected chi connectivity index (χ0v) is 9.28. The van der Waals surface area contributed by atoms with Crippen LogP contribution in [0, 0.1) is 0 Å². The fraction of sp³-hybridized carbons (Fsp3) is 0.538. The third kappa shape index (κ3) is 2.32. The van der Waals surface area contributed by atoms with Gasteiger partial charge in [0, 0.05) is 12.5 Å². The number of benzene rings is 1. The average Bonchev–Trinajstić information content (AvgIpc) is 2.69. The molecule has 2 rings (SSSR count). The molecule has 0 radical (unpaired) electrons. The van der Waals surface area contributed by atoms with Gasteiger partial charge in [-0.25, -0.2) is 0 Å². The summed E-state index contributed by atoms with van der Waals surface area (Å²) in [6.07, 6.45) is 4.62. The van der Waals surface area contributed by atoms with Crippen molar-refractivity contribution in [1.29, 1.82) is 0 Å². The van der Waals surface area contributed by atoms with Gasteiger partial charge in [-0.1, -0.05) is 38.0 Å². The number of hydrogen-bond acceptors (Lipinski definition) is 2. The molecule has 2 nitrogen and oxygen atoms in total. The van der Waals surface area contributed by atoms with E-state index in [-0.39, 0.29) is 12.1 Å². The summed E-state index contributed by atoms with van der Waals surface area (Å²) in [5, 5.41) is 0. The van der Waals surface area contributed by atoms with Crippen LogP contribution >= 0.6 is 0 Å². The topological polar surface area (TPSA) is 35.2 Å². The molecule has 1 heterocycles. The van der Waals surface area contributed by atoms with Crippen molar-refractivity contribution in [3.8, 4) is 5.75 Å². The van der Waals surface area contributed by atoms with Gasteiger partial charge < -0.3 is 10.5 Å². The molecule has 2 unspecified atom stereocenters. The zero-order valence-electron chi connectivity index (χ0n) is 9.28. The van der Waals surface area contributed by atoms with Crippen molar-refractivity contribution in [3.05, 3.63) is 29.8 Å². The highest BCUT2D eigenvalue weighted by Gasteiger charge is 2.27. The summed E-state index contributed by atoms with van der Waals surface area (Å²) in [6, 6.07) is 8.40. The monoisotopic (exact) mass is 205 g/mol. The van der Waals surface area contributed by atoms with Crippen LogP contribution in [0.2, 0.25) is 0 Å². The van der Waals surface area contributed by atoms with E-state index in [4.69, 9.17) is 10.5 Å². The lowest BCUT2D eigenvalue weighted by molar-refractivity contribution is 0.192. The van der Waals surface area contributed by atoms with E-state index in [1.54, 1.807) is 0 Å². The van der Waals surface area contributed by atoms with Crippen molar-refractivity contribution in [2.75, 3.05) is 0 Å². The van der Waals surface area contributed by atoms with Gasteiger partial charge in [0.05, 0.1) is 0 Å². The highest BCUT2D eigenvalue weighted by molar-refractivity contribution is 5.37. The summed E-state index contributed by atoms with van der Waals surface area (Å²) in [6.45, 7) is 2.19. The molecule has 0 saturated heterocycles. The van der Waals surface area contributed by atoms with E-state index < -0.39 is 0 Å². The highest BCUT2D eigenvalue weighted by atomic mass is 16.5. The van der Waals surface area contributed by atoms with E-state index in [0.717, 1.165) is 18.6 Å². The Morgan fingerprint density at radius 2 is 2.27 bits per heavy atom. The average molecular weight is 205 g/mol. The number of unbranched alkanes of at least 4 members (excludes halogenated alkanes) is 1. The fourth-order valence-electron chi connectivity index (χ4n) is 2.07. The van der Waals surface area contributed by atoms with E-state index >= 15 is 0 Å². The predicted octanol–water partition coefficient (Wildman–Crippen LogP) is 2.51. The number of hydrogen-bond donors (Lipinski definition) is 1. The lowest BCUT2D eigenvalue weighted by Gasteiger charge is -2.18. The van der Waals surface area contributed by atoms with Gasteiger partial charge in [-0.3, -0.25) is 0 Å². The first-order chi connectivity index (χ1) is 7.31. The number of fused-ring (bicyclic) bond motifs is 1. The molecule has 15 heavy (non-hydrogen) atoms. The number of para-hydroxylation sites is 1. The Kier molecular flexibility index (Phi) is 3.27. The third-order valence-corrected chi connectivity index (χ3v) is 3.04. The van der Waals surface area contributed by atoms with E-state index in [0.29, 0.717) is 0 Å². The summed E-state index contributed by atoms with van der Waals surface area (Å²) in [7, 11) is 0. The molecule has 2 heteroatoms. The molecule has 0 bridgehead atoms. The second kappa shape index (κ2) is 4.67. The molecular weight excluding hydrogens is 186 g/mol. The standard InChI is InChI=1S/C13H19NO/c1-2-3-7-11(14)13-9-10-6-4-5-8-12(10)15-13/h4-6,8,11,13H,2-3,7,9,14H2,1H3. The molecule has 0 amide bonds. The first kappa shape index (κ1) is 10.5. The Hall–Kier alpha value is -1.02. The third-order valence-electron chi connectivity index (χ3n) is 3.04. The first-order valence-corrected chi connectivity index (χ1v) is 5.81. The zero-order chi connectivity index (χ0) is 10.7. The van der Waals surface area contributed by atoms with Gasteiger partial charge in [-0.2, -0.15) is 0 Å². The van der Waals surface area contributed by atoms with Crippen LogP contribution in [0.25, 0.3) is 0 Å². The van der Waals surface area contributed by atoms with Crippen LogP contribution in [0.3, 0.4) is 0 Å². The molecule has 0 fully saturated rings. The summed E-state index contributed by atoms with van der Waals surface area (Å²) in [5.74, 6) is 1.02. The number of nitrogens with two attached hydrogens (primary N) is 1. The summed E-state index contributed by atoms with van der Waals surface area (Å²) < 4.78 is 5.84. The minimum atomic E-state index is 0.178. The largest absolute Gasteiger partial charge is 0.488 e. The lowest BCUT2D eigenvalue weighted by atomic mass is 10.0. The molecule has 1 aromatic rings. The second-order valence-corrected chi connectivity index (χ2v) is 4.27. The van der Waals surface area contributed by atoms with Crippen molar-refractivity contribution in [1.82, 2.24) is 0 Å². The Balaban J connectivity index is 1.94. The van der Waals surface area contributed by atoms with Crippen LogP contribution in [-0.4, -0.2) is 12.1 Å². The summed E-state index contributed by atoms with van der Waals surface area (Å²) in [4.78, 5) is 0. The maximum absolute atomic E-state index is 6.12. The summed E-state index contributed by atoms with van der Waals surface area (Å²) >= 11 is 0. The molecular formula is C13H19NO. The molecule has 2 N–H and O–H groups in total. The van der Waals surface area contributed by atoms with Crippen LogP contribution in [0.4, 0.5) is 0 Å². The Bertz CT molecular complexity index is 299. The van der Waals surface area contributed by atoms with Crippen molar-refractivity contribution >= 4 is 0 Å². The van der Waals surface area contributed by atoms with Crippen molar-refractivity contribution in [2.24, 2.45) is 5.73 Å². The van der Waals surface area contributed by atoms with E-state index in [1.165, 1.54) is 18.4 Å². The molecule has 1 aromatic carbocycles. The van der Waals surface area contributed by atoms with Gasteiger partial charge in [0.15, 0.2) is 0 Å². The first-order valence-electron chi connectivity index (χ1n) is 5.81. The SMILES string of the molecule is CCCCC(N)C1Cc2ccccc2O1. The normalized spacial score (nSPS) is 20.8. The van der Waals surface area contributed by atoms with E-state index in [9.17, 15) is 0 Å².